The van der Waals surface area contributed by atoms with Crippen LogP contribution in [0, 0.1) is 5.82 Å². The third-order valence-corrected chi connectivity index (χ3v) is 5.32. The van der Waals surface area contributed by atoms with Crippen molar-refractivity contribution in [2.45, 2.75) is 25.5 Å². The van der Waals surface area contributed by atoms with Crippen LogP contribution < -0.4 is 10.2 Å². The van der Waals surface area contributed by atoms with E-state index in [0.29, 0.717) is 12.2 Å². The van der Waals surface area contributed by atoms with Crippen LogP contribution in [0.25, 0.3) is 0 Å². The van der Waals surface area contributed by atoms with Gasteiger partial charge in [0.2, 0.25) is 0 Å². The van der Waals surface area contributed by atoms with Crippen LogP contribution in [0.1, 0.15) is 17.7 Å². The molecule has 1 aromatic heterocycles. The number of hydrogen-bond donors (Lipinski definition) is 2. The van der Waals surface area contributed by atoms with E-state index in [4.69, 9.17) is 16.3 Å². The number of ether oxygens (including phenoxy) is 1. The van der Waals surface area contributed by atoms with Gasteiger partial charge in [0.05, 0.1) is 9.90 Å². The Morgan fingerprint density at radius 1 is 1.44 bits per heavy atom. The molecule has 0 aliphatic carbocycles. The van der Waals surface area contributed by atoms with Crippen LogP contribution in [-0.4, -0.2) is 31.7 Å². The predicted octanol–water partition coefficient (Wildman–Crippen LogP) is 2.74. The van der Waals surface area contributed by atoms with Crippen LogP contribution in [0.3, 0.4) is 0 Å². The molecule has 1 aliphatic rings. The summed E-state index contributed by atoms with van der Waals surface area (Å²) >= 11 is 7.46. The van der Waals surface area contributed by atoms with Gasteiger partial charge in [-0.3, -0.25) is 4.79 Å². The molecule has 3 rings (SSSR count). The number of carbonyl (C=O) groups excluding carboxylic acids is 1. The van der Waals surface area contributed by atoms with Gasteiger partial charge in [-0.25, -0.2) is 4.39 Å². The first kappa shape index (κ1) is 18.3. The molecule has 0 spiro atoms. The zero-order chi connectivity index (χ0) is 17.6. The van der Waals surface area contributed by atoms with Crippen molar-refractivity contribution in [1.29, 1.82) is 0 Å². The van der Waals surface area contributed by atoms with E-state index in [-0.39, 0.29) is 17.0 Å². The van der Waals surface area contributed by atoms with E-state index in [1.165, 1.54) is 23.1 Å². The van der Waals surface area contributed by atoms with Crippen LogP contribution in [-0.2, 0) is 16.1 Å². The molecule has 0 bridgehead atoms. The van der Waals surface area contributed by atoms with Gasteiger partial charge < -0.3 is 15.0 Å². The lowest BCUT2D eigenvalue weighted by molar-refractivity contribution is -0.908. The Kier molecular flexibility index (Phi) is 6.42. The van der Waals surface area contributed by atoms with E-state index in [1.807, 2.05) is 11.4 Å². The molecular formula is C18H21ClFN2O2S+. The van der Waals surface area contributed by atoms with Gasteiger partial charge in [-0.15, -0.1) is 11.3 Å². The van der Waals surface area contributed by atoms with Gasteiger partial charge in [0.1, 0.15) is 25.0 Å². The van der Waals surface area contributed by atoms with Crippen LogP contribution in [0.5, 0.6) is 0 Å². The molecule has 2 aromatic rings. The SMILES string of the molecule is O=C(C[NH+](Cc1cccs1)C[C@H]1CCCO1)Nc1ccc(F)c(Cl)c1. The Labute approximate surface area is 155 Å². The van der Waals surface area contributed by atoms with E-state index in [9.17, 15) is 9.18 Å². The van der Waals surface area contributed by atoms with Crippen molar-refractivity contribution in [2.24, 2.45) is 0 Å². The summed E-state index contributed by atoms with van der Waals surface area (Å²) in [5.74, 6) is -0.616. The summed E-state index contributed by atoms with van der Waals surface area (Å²) in [5, 5.41) is 4.84. The van der Waals surface area contributed by atoms with E-state index in [0.717, 1.165) is 37.4 Å². The number of rotatable bonds is 7. The molecule has 2 heterocycles. The van der Waals surface area contributed by atoms with Gasteiger partial charge in [0.15, 0.2) is 6.54 Å². The number of carbonyl (C=O) groups is 1. The lowest BCUT2D eigenvalue weighted by Gasteiger charge is -2.21. The Morgan fingerprint density at radius 3 is 3.00 bits per heavy atom. The highest BCUT2D eigenvalue weighted by atomic mass is 35.5. The Morgan fingerprint density at radius 2 is 2.32 bits per heavy atom. The zero-order valence-corrected chi connectivity index (χ0v) is 15.3. The highest BCUT2D eigenvalue weighted by Gasteiger charge is 2.24. The lowest BCUT2D eigenvalue weighted by atomic mass is 10.2. The largest absolute Gasteiger partial charge is 0.372 e. The monoisotopic (exact) mass is 383 g/mol. The van der Waals surface area contributed by atoms with Crippen molar-refractivity contribution >= 4 is 34.5 Å². The first-order valence-electron chi connectivity index (χ1n) is 8.32. The van der Waals surface area contributed by atoms with Gasteiger partial charge in [0, 0.05) is 12.3 Å². The standard InChI is InChI=1S/C18H20ClFN2O2S/c19-16-9-13(5-6-17(16)20)21-18(23)12-22(10-14-3-1-7-24-14)11-15-4-2-8-25-15/h2,4-6,8-9,14H,1,3,7,10-12H2,(H,21,23)/p+1/t14-/m1/s1. The maximum Gasteiger partial charge on any atom is 0.279 e. The second-order valence-corrected chi connectivity index (χ2v) is 7.64. The summed E-state index contributed by atoms with van der Waals surface area (Å²) in [6.07, 6.45) is 2.34. The number of halogens is 2. The first-order valence-corrected chi connectivity index (χ1v) is 9.58. The molecule has 1 amide bonds. The number of quaternary nitrogens is 1. The first-order chi connectivity index (χ1) is 12.1. The molecule has 0 radical (unpaired) electrons. The minimum absolute atomic E-state index is 0.0000516. The molecule has 1 aromatic carbocycles. The molecule has 4 nitrogen and oxygen atoms in total. The lowest BCUT2D eigenvalue weighted by Crippen LogP contribution is -3.12. The van der Waals surface area contributed by atoms with Crippen molar-refractivity contribution < 1.29 is 18.8 Å². The third kappa shape index (κ3) is 5.51. The van der Waals surface area contributed by atoms with Gasteiger partial charge in [-0.2, -0.15) is 0 Å². The van der Waals surface area contributed by atoms with Gasteiger partial charge in [0.25, 0.3) is 5.91 Å². The minimum Gasteiger partial charge on any atom is -0.372 e. The number of benzene rings is 1. The molecule has 0 saturated carbocycles. The van der Waals surface area contributed by atoms with Gasteiger partial charge in [-0.1, -0.05) is 17.7 Å². The zero-order valence-electron chi connectivity index (χ0n) is 13.8. The van der Waals surface area contributed by atoms with Crippen molar-refractivity contribution in [3.8, 4) is 0 Å². The summed E-state index contributed by atoms with van der Waals surface area (Å²) < 4.78 is 18.9. The molecule has 2 atom stereocenters. The quantitative estimate of drug-likeness (QED) is 0.772. The van der Waals surface area contributed by atoms with Crippen LogP contribution >= 0.6 is 22.9 Å². The smallest absolute Gasteiger partial charge is 0.279 e. The predicted molar refractivity (Wildman–Crippen MR) is 97.7 cm³/mol. The fourth-order valence-electron chi connectivity index (χ4n) is 3.00. The molecule has 1 fully saturated rings. The molecule has 1 aliphatic heterocycles. The van der Waals surface area contributed by atoms with Crippen molar-refractivity contribution in [1.82, 2.24) is 0 Å². The second kappa shape index (κ2) is 8.76. The van der Waals surface area contributed by atoms with E-state index in [1.54, 1.807) is 11.3 Å². The second-order valence-electron chi connectivity index (χ2n) is 6.20. The molecular weight excluding hydrogens is 363 g/mol. The summed E-state index contributed by atoms with van der Waals surface area (Å²) in [4.78, 5) is 14.8. The summed E-state index contributed by atoms with van der Waals surface area (Å²) in [6.45, 7) is 2.72. The highest BCUT2D eigenvalue weighted by molar-refractivity contribution is 7.09. The topological polar surface area (TPSA) is 42.8 Å². The Hall–Kier alpha value is -1.47. The van der Waals surface area contributed by atoms with Crippen molar-refractivity contribution in [3.05, 3.63) is 51.4 Å². The van der Waals surface area contributed by atoms with Crippen molar-refractivity contribution in [2.75, 3.05) is 25.0 Å². The van der Waals surface area contributed by atoms with Crippen LogP contribution in [0.15, 0.2) is 35.7 Å². The van der Waals surface area contributed by atoms with Crippen LogP contribution in [0.4, 0.5) is 10.1 Å². The number of amides is 1. The average Bonchev–Trinajstić information content (AvgIpc) is 3.25. The number of hydrogen-bond acceptors (Lipinski definition) is 3. The molecule has 134 valence electrons. The maximum absolute atomic E-state index is 13.2. The fraction of sp³-hybridized carbons (Fsp3) is 0.389. The van der Waals surface area contributed by atoms with Gasteiger partial charge >= 0.3 is 0 Å². The average molecular weight is 384 g/mol. The minimum atomic E-state index is -0.497. The highest BCUT2D eigenvalue weighted by Crippen LogP contribution is 2.19. The number of thiophene rings is 1. The van der Waals surface area contributed by atoms with E-state index < -0.39 is 5.82 Å². The van der Waals surface area contributed by atoms with Gasteiger partial charge in [-0.05, 0) is 42.5 Å². The summed E-state index contributed by atoms with van der Waals surface area (Å²) in [6, 6.07) is 8.29. The Balaban J connectivity index is 1.61. The summed E-state index contributed by atoms with van der Waals surface area (Å²) in [5.41, 5.74) is 0.504. The molecule has 25 heavy (non-hydrogen) atoms. The van der Waals surface area contributed by atoms with Crippen LogP contribution in [0.2, 0.25) is 5.02 Å². The molecule has 2 N–H and O–H groups in total. The van der Waals surface area contributed by atoms with E-state index >= 15 is 0 Å². The summed E-state index contributed by atoms with van der Waals surface area (Å²) in [7, 11) is 0. The molecule has 1 unspecified atom stereocenters. The normalized spacial score (nSPS) is 18.2. The molecule has 1 saturated heterocycles. The van der Waals surface area contributed by atoms with Crippen molar-refractivity contribution in [3.63, 3.8) is 0 Å². The van der Waals surface area contributed by atoms with E-state index in [2.05, 4.69) is 11.4 Å². The Bertz CT molecular complexity index is 705. The fourth-order valence-corrected chi connectivity index (χ4v) is 3.96. The number of anilines is 1. The maximum atomic E-state index is 13.2. The number of nitrogens with one attached hydrogen (secondary N) is 2. The third-order valence-electron chi connectivity index (χ3n) is 4.16. The molecule has 7 heteroatoms.